The maximum atomic E-state index is 10.5. The minimum atomic E-state index is -4.83. The summed E-state index contributed by atoms with van der Waals surface area (Å²) in [6, 6.07) is 7.17. The SMILES string of the molecule is N#Cc1ccccc1C(O)S(=O)(=O)[O-].[Na+]. The molecule has 74 valence electrons. The van der Waals surface area contributed by atoms with E-state index in [1.807, 2.05) is 0 Å². The molecule has 1 rings (SSSR count). The molecule has 15 heavy (non-hydrogen) atoms. The van der Waals surface area contributed by atoms with Gasteiger partial charge in [0.2, 0.25) is 0 Å². The zero-order valence-corrected chi connectivity index (χ0v) is 10.7. The third-order valence-electron chi connectivity index (χ3n) is 1.62. The van der Waals surface area contributed by atoms with E-state index in [-0.39, 0.29) is 40.7 Å². The van der Waals surface area contributed by atoms with Crippen LogP contribution in [-0.4, -0.2) is 18.1 Å². The first-order valence-corrected chi connectivity index (χ1v) is 5.05. The summed E-state index contributed by atoms with van der Waals surface area (Å²) in [5, 5.41) is 17.7. The third-order valence-corrected chi connectivity index (χ3v) is 2.42. The third kappa shape index (κ3) is 3.57. The molecule has 5 nitrogen and oxygen atoms in total. The van der Waals surface area contributed by atoms with Gasteiger partial charge in [0.1, 0.15) is 10.1 Å². The Morgan fingerprint density at radius 3 is 2.40 bits per heavy atom. The van der Waals surface area contributed by atoms with Gasteiger partial charge < -0.3 is 9.66 Å². The van der Waals surface area contributed by atoms with Crippen LogP contribution in [0.4, 0.5) is 0 Å². The van der Waals surface area contributed by atoms with E-state index in [9.17, 15) is 13.0 Å². The average molecular weight is 235 g/mol. The molecule has 1 N–H and O–H groups in total. The summed E-state index contributed by atoms with van der Waals surface area (Å²) < 4.78 is 31.5. The minimum absolute atomic E-state index is 0. The first kappa shape index (κ1) is 14.6. The molecule has 0 bridgehead atoms. The van der Waals surface area contributed by atoms with E-state index in [1.54, 1.807) is 6.07 Å². The number of aliphatic hydroxyl groups excluding tert-OH is 1. The van der Waals surface area contributed by atoms with Crippen LogP contribution in [0.15, 0.2) is 24.3 Å². The molecule has 0 amide bonds. The van der Waals surface area contributed by atoms with Crippen LogP contribution in [0.3, 0.4) is 0 Å². The van der Waals surface area contributed by atoms with Crippen molar-refractivity contribution in [1.29, 1.82) is 5.26 Å². The van der Waals surface area contributed by atoms with Crippen molar-refractivity contribution in [2.75, 3.05) is 0 Å². The number of rotatable bonds is 2. The smallest absolute Gasteiger partial charge is 0.746 e. The summed E-state index contributed by atoms with van der Waals surface area (Å²) in [7, 11) is -4.83. The van der Waals surface area contributed by atoms with Crippen molar-refractivity contribution in [2.45, 2.75) is 5.44 Å². The first-order valence-electron chi connectivity index (χ1n) is 3.58. The van der Waals surface area contributed by atoms with E-state index < -0.39 is 15.6 Å². The van der Waals surface area contributed by atoms with Crippen LogP contribution in [0.5, 0.6) is 0 Å². The van der Waals surface area contributed by atoms with Gasteiger partial charge in [0.05, 0.1) is 11.6 Å². The predicted octanol–water partition coefficient (Wildman–Crippen LogP) is -2.90. The van der Waals surface area contributed by atoms with Crippen molar-refractivity contribution in [3.05, 3.63) is 35.4 Å². The molecule has 0 heterocycles. The Balaban J connectivity index is 0.00000196. The summed E-state index contributed by atoms with van der Waals surface area (Å²) in [6.45, 7) is 0. The van der Waals surface area contributed by atoms with Crippen molar-refractivity contribution in [3.8, 4) is 6.07 Å². The van der Waals surface area contributed by atoms with Gasteiger partial charge in [-0.3, -0.25) is 0 Å². The quantitative estimate of drug-likeness (QED) is 0.437. The van der Waals surface area contributed by atoms with E-state index >= 15 is 0 Å². The van der Waals surface area contributed by atoms with Crippen LogP contribution in [0.1, 0.15) is 16.6 Å². The fourth-order valence-electron chi connectivity index (χ4n) is 0.970. The van der Waals surface area contributed by atoms with E-state index in [4.69, 9.17) is 10.4 Å². The zero-order chi connectivity index (χ0) is 10.8. The molecule has 0 aliphatic heterocycles. The predicted molar refractivity (Wildman–Crippen MR) is 45.8 cm³/mol. The van der Waals surface area contributed by atoms with Gasteiger partial charge in [-0.1, -0.05) is 18.2 Å². The van der Waals surface area contributed by atoms with Gasteiger partial charge >= 0.3 is 29.6 Å². The molecular formula is C8H6NNaO4S. The Bertz CT molecular complexity index is 480. The second kappa shape index (κ2) is 5.61. The van der Waals surface area contributed by atoms with Crippen molar-refractivity contribution < 1.29 is 47.6 Å². The monoisotopic (exact) mass is 235 g/mol. The molecular weight excluding hydrogens is 229 g/mol. The van der Waals surface area contributed by atoms with E-state index in [0.29, 0.717) is 0 Å². The number of hydrogen-bond acceptors (Lipinski definition) is 5. The number of nitriles is 1. The maximum Gasteiger partial charge on any atom is 1.00 e. The summed E-state index contributed by atoms with van der Waals surface area (Å²) >= 11 is 0. The van der Waals surface area contributed by atoms with Crippen LogP contribution in [0.2, 0.25) is 0 Å². The largest absolute Gasteiger partial charge is 1.00 e. The molecule has 1 aromatic carbocycles. The van der Waals surface area contributed by atoms with Gasteiger partial charge in [0.25, 0.3) is 0 Å². The van der Waals surface area contributed by atoms with Crippen LogP contribution in [0, 0.1) is 11.3 Å². The van der Waals surface area contributed by atoms with Crippen molar-refractivity contribution >= 4 is 10.1 Å². The first-order chi connectivity index (χ1) is 6.46. The molecule has 0 aromatic heterocycles. The molecule has 1 unspecified atom stereocenters. The van der Waals surface area contributed by atoms with Crippen LogP contribution < -0.4 is 29.6 Å². The second-order valence-corrected chi connectivity index (χ2v) is 3.98. The molecule has 1 aromatic rings. The second-order valence-electron chi connectivity index (χ2n) is 2.54. The fourth-order valence-corrected chi connectivity index (χ4v) is 1.49. The van der Waals surface area contributed by atoms with Gasteiger partial charge in [-0.25, -0.2) is 8.42 Å². The number of aliphatic hydroxyl groups is 1. The molecule has 0 fully saturated rings. The molecule has 7 heteroatoms. The van der Waals surface area contributed by atoms with Gasteiger partial charge in [-0.15, -0.1) is 0 Å². The van der Waals surface area contributed by atoms with Gasteiger partial charge in [-0.05, 0) is 6.07 Å². The Labute approximate surface area is 109 Å². The summed E-state index contributed by atoms with van der Waals surface area (Å²) in [5.74, 6) is 0. The molecule has 0 saturated carbocycles. The molecule has 0 radical (unpaired) electrons. The molecule has 0 spiro atoms. The van der Waals surface area contributed by atoms with E-state index in [1.165, 1.54) is 24.3 Å². The topological polar surface area (TPSA) is 101 Å². The van der Waals surface area contributed by atoms with E-state index in [0.717, 1.165) is 0 Å². The molecule has 1 atom stereocenters. The summed E-state index contributed by atoms with van der Waals surface area (Å²) in [4.78, 5) is 0. The summed E-state index contributed by atoms with van der Waals surface area (Å²) in [6.07, 6.45) is 0. The Morgan fingerprint density at radius 1 is 1.40 bits per heavy atom. The van der Waals surface area contributed by atoms with Crippen molar-refractivity contribution in [2.24, 2.45) is 0 Å². The van der Waals surface area contributed by atoms with Crippen molar-refractivity contribution in [3.63, 3.8) is 0 Å². The normalized spacial score (nSPS) is 12.3. The molecule has 0 aliphatic carbocycles. The summed E-state index contributed by atoms with van der Waals surface area (Å²) in [5.41, 5.74) is -2.40. The number of nitrogens with zero attached hydrogens (tertiary/aromatic N) is 1. The minimum Gasteiger partial charge on any atom is -0.746 e. The van der Waals surface area contributed by atoms with Crippen LogP contribution in [-0.2, 0) is 10.1 Å². The van der Waals surface area contributed by atoms with Gasteiger partial charge in [-0.2, -0.15) is 5.26 Å². The number of benzene rings is 1. The maximum absolute atomic E-state index is 10.5. The standard InChI is InChI=1S/C8H7NO4S.Na/c9-5-6-3-1-2-4-7(6)8(10)14(11,12)13;/h1-4,8,10H,(H,11,12,13);/q;+1/p-1. The Morgan fingerprint density at radius 2 is 1.93 bits per heavy atom. The Kier molecular flexibility index (Phi) is 5.45. The van der Waals surface area contributed by atoms with Gasteiger partial charge in [0.15, 0.2) is 5.44 Å². The zero-order valence-electron chi connectivity index (χ0n) is 7.91. The van der Waals surface area contributed by atoms with Gasteiger partial charge in [0, 0.05) is 5.56 Å². The van der Waals surface area contributed by atoms with Crippen LogP contribution >= 0.6 is 0 Å². The van der Waals surface area contributed by atoms with Crippen molar-refractivity contribution in [1.82, 2.24) is 0 Å². The fraction of sp³-hybridized carbons (Fsp3) is 0.125. The molecule has 0 aliphatic rings. The van der Waals surface area contributed by atoms with E-state index in [2.05, 4.69) is 0 Å². The number of hydrogen-bond donors (Lipinski definition) is 1. The Hall–Kier alpha value is -0.420. The molecule has 0 saturated heterocycles. The van der Waals surface area contributed by atoms with Crippen LogP contribution in [0.25, 0.3) is 0 Å². The average Bonchev–Trinajstić information content (AvgIpc) is 2.15.